The highest BCUT2D eigenvalue weighted by atomic mass is 35.5. The number of rotatable bonds is 4. The van der Waals surface area contributed by atoms with Gasteiger partial charge in [-0.25, -0.2) is 4.98 Å². The zero-order chi connectivity index (χ0) is 13.2. The number of carbonyl (C=O) groups excluding carboxylic acids is 1. The molecular formula is C9H11ClN4O3. The van der Waals surface area contributed by atoms with E-state index in [0.717, 1.165) is 6.07 Å². The third-order valence-electron chi connectivity index (χ3n) is 2.08. The van der Waals surface area contributed by atoms with Crippen molar-refractivity contribution in [3.8, 4) is 0 Å². The number of pyridine rings is 1. The number of carbonyl (C=O) groups is 1. The Hall–Kier alpha value is -1.89. The number of aromatic nitrogens is 1. The van der Waals surface area contributed by atoms with Gasteiger partial charge in [0.15, 0.2) is 0 Å². The molecule has 0 fully saturated rings. The van der Waals surface area contributed by atoms with Crippen LogP contribution in [0.25, 0.3) is 0 Å². The Balaban J connectivity index is 3.15. The topological polar surface area (TPSA) is 111 Å². The summed E-state index contributed by atoms with van der Waals surface area (Å²) in [6.07, 6.45) is 1.24. The summed E-state index contributed by atoms with van der Waals surface area (Å²) < 4.78 is 0. The normalized spacial score (nSPS) is 11.0. The van der Waals surface area contributed by atoms with Crippen LogP contribution in [0, 0.1) is 10.1 Å². The average molecular weight is 259 g/mol. The summed E-state index contributed by atoms with van der Waals surface area (Å²) in [5.41, 5.74) is 3.69. The molecule has 7 nitrogen and oxygen atoms in total. The molecule has 0 aliphatic rings. The summed E-state index contributed by atoms with van der Waals surface area (Å²) in [4.78, 5) is 25.0. The average Bonchev–Trinajstić information content (AvgIpc) is 2.19. The molecule has 1 aromatic rings. The van der Waals surface area contributed by atoms with Crippen LogP contribution in [0.15, 0.2) is 12.3 Å². The van der Waals surface area contributed by atoms with Crippen molar-refractivity contribution in [2.45, 2.75) is 19.4 Å². The van der Waals surface area contributed by atoms with Crippen LogP contribution in [0.4, 0.5) is 11.5 Å². The number of nitrogens with two attached hydrogens (primary N) is 1. The minimum Gasteiger partial charge on any atom is -0.368 e. The second kappa shape index (κ2) is 4.54. The molecule has 17 heavy (non-hydrogen) atoms. The molecule has 0 aliphatic heterocycles. The lowest BCUT2D eigenvalue weighted by Crippen LogP contribution is -2.45. The summed E-state index contributed by atoms with van der Waals surface area (Å²) in [6, 6.07) is 1.15. The Morgan fingerprint density at radius 2 is 2.24 bits per heavy atom. The lowest BCUT2D eigenvalue weighted by atomic mass is 10.1. The molecule has 0 atom stereocenters. The first kappa shape index (κ1) is 13.2. The van der Waals surface area contributed by atoms with E-state index >= 15 is 0 Å². The fourth-order valence-corrected chi connectivity index (χ4v) is 1.17. The van der Waals surface area contributed by atoms with Gasteiger partial charge >= 0.3 is 5.69 Å². The number of amides is 1. The molecule has 1 rings (SSSR count). The predicted molar refractivity (Wildman–Crippen MR) is 62.8 cm³/mol. The van der Waals surface area contributed by atoms with Crippen molar-refractivity contribution in [2.75, 3.05) is 5.32 Å². The molecule has 1 aromatic heterocycles. The first-order chi connectivity index (χ1) is 7.74. The number of nitro groups is 1. The Labute approximate surface area is 102 Å². The van der Waals surface area contributed by atoms with Gasteiger partial charge in [0, 0.05) is 12.3 Å². The fraction of sp³-hybridized carbons (Fsp3) is 0.333. The number of halogens is 1. The third-order valence-corrected chi connectivity index (χ3v) is 2.28. The van der Waals surface area contributed by atoms with Gasteiger partial charge < -0.3 is 11.1 Å². The van der Waals surface area contributed by atoms with Gasteiger partial charge in [0.2, 0.25) is 11.7 Å². The number of hydrogen-bond acceptors (Lipinski definition) is 5. The van der Waals surface area contributed by atoms with Crippen LogP contribution >= 0.6 is 11.6 Å². The molecule has 0 saturated carbocycles. The summed E-state index contributed by atoms with van der Waals surface area (Å²) >= 11 is 5.61. The third kappa shape index (κ3) is 3.04. The van der Waals surface area contributed by atoms with E-state index in [1.54, 1.807) is 0 Å². The number of anilines is 1. The zero-order valence-corrected chi connectivity index (χ0v) is 9.99. The van der Waals surface area contributed by atoms with E-state index < -0.39 is 16.4 Å². The van der Waals surface area contributed by atoms with E-state index in [4.69, 9.17) is 17.3 Å². The Morgan fingerprint density at radius 3 is 2.71 bits per heavy atom. The van der Waals surface area contributed by atoms with E-state index in [0.29, 0.717) is 0 Å². The smallest absolute Gasteiger partial charge is 0.312 e. The van der Waals surface area contributed by atoms with Gasteiger partial charge in [0.25, 0.3) is 0 Å². The lowest BCUT2D eigenvalue weighted by molar-refractivity contribution is -0.384. The van der Waals surface area contributed by atoms with Crippen molar-refractivity contribution in [3.05, 3.63) is 27.4 Å². The van der Waals surface area contributed by atoms with Crippen LogP contribution in [0.2, 0.25) is 5.02 Å². The zero-order valence-electron chi connectivity index (χ0n) is 9.23. The van der Waals surface area contributed by atoms with Gasteiger partial charge in [-0.05, 0) is 13.8 Å². The Bertz CT molecular complexity index is 475. The minimum absolute atomic E-state index is 0.0526. The highest BCUT2D eigenvalue weighted by Crippen LogP contribution is 2.27. The molecule has 0 unspecified atom stereocenters. The molecule has 0 aromatic carbocycles. The standard InChI is InChI=1S/C9H11ClN4O3/c1-9(2,8(11)15)13-7-6(14(16)17)3-5(10)4-12-7/h3-4H,1-2H3,(H2,11,15)(H,12,13). The largest absolute Gasteiger partial charge is 0.368 e. The highest BCUT2D eigenvalue weighted by Gasteiger charge is 2.28. The van der Waals surface area contributed by atoms with Crippen molar-refractivity contribution in [2.24, 2.45) is 5.73 Å². The maximum absolute atomic E-state index is 11.1. The minimum atomic E-state index is -1.15. The molecule has 0 aliphatic carbocycles. The van der Waals surface area contributed by atoms with Crippen LogP contribution in [-0.2, 0) is 4.79 Å². The van der Waals surface area contributed by atoms with Gasteiger partial charge in [0.1, 0.15) is 5.54 Å². The predicted octanol–water partition coefficient (Wildman–Crippen LogP) is 1.32. The SMILES string of the molecule is CC(C)(Nc1ncc(Cl)cc1[N+](=O)[O-])C(N)=O. The summed E-state index contributed by atoms with van der Waals surface area (Å²) in [5, 5.41) is 13.5. The summed E-state index contributed by atoms with van der Waals surface area (Å²) in [7, 11) is 0. The molecule has 0 spiro atoms. The molecule has 0 saturated heterocycles. The molecule has 0 radical (unpaired) electrons. The number of hydrogen-bond donors (Lipinski definition) is 2. The van der Waals surface area contributed by atoms with E-state index in [2.05, 4.69) is 10.3 Å². The highest BCUT2D eigenvalue weighted by molar-refractivity contribution is 6.30. The van der Waals surface area contributed by atoms with Gasteiger partial charge in [-0.2, -0.15) is 0 Å². The first-order valence-electron chi connectivity index (χ1n) is 4.62. The van der Waals surface area contributed by atoms with Crippen molar-refractivity contribution < 1.29 is 9.72 Å². The molecular weight excluding hydrogens is 248 g/mol. The molecule has 92 valence electrons. The van der Waals surface area contributed by atoms with Crippen molar-refractivity contribution in [1.29, 1.82) is 0 Å². The first-order valence-corrected chi connectivity index (χ1v) is 5.00. The van der Waals surface area contributed by atoms with Crippen LogP contribution < -0.4 is 11.1 Å². The lowest BCUT2D eigenvalue weighted by Gasteiger charge is -2.22. The maximum atomic E-state index is 11.1. The van der Waals surface area contributed by atoms with Gasteiger partial charge in [0.05, 0.1) is 9.95 Å². The quantitative estimate of drug-likeness (QED) is 0.625. The van der Waals surface area contributed by atoms with Crippen LogP contribution in [-0.4, -0.2) is 21.4 Å². The fourth-order valence-electron chi connectivity index (χ4n) is 1.02. The van der Waals surface area contributed by atoms with Crippen LogP contribution in [0.1, 0.15) is 13.8 Å². The Kier molecular flexibility index (Phi) is 3.52. The molecule has 1 amide bonds. The summed E-state index contributed by atoms with van der Waals surface area (Å²) in [6.45, 7) is 2.99. The van der Waals surface area contributed by atoms with E-state index in [9.17, 15) is 14.9 Å². The summed E-state index contributed by atoms with van der Waals surface area (Å²) in [5.74, 6) is -0.702. The molecule has 8 heteroatoms. The van der Waals surface area contributed by atoms with Gasteiger partial charge in [-0.15, -0.1) is 0 Å². The van der Waals surface area contributed by atoms with Gasteiger partial charge in [-0.3, -0.25) is 14.9 Å². The van der Waals surface area contributed by atoms with Crippen molar-refractivity contribution in [1.82, 2.24) is 4.98 Å². The molecule has 0 bridgehead atoms. The van der Waals surface area contributed by atoms with Gasteiger partial charge in [-0.1, -0.05) is 11.6 Å². The van der Waals surface area contributed by atoms with E-state index in [1.807, 2.05) is 0 Å². The van der Waals surface area contributed by atoms with Crippen LogP contribution in [0.3, 0.4) is 0 Å². The molecule has 1 heterocycles. The van der Waals surface area contributed by atoms with E-state index in [-0.39, 0.29) is 16.5 Å². The van der Waals surface area contributed by atoms with Crippen molar-refractivity contribution in [3.63, 3.8) is 0 Å². The molecule has 3 N–H and O–H groups in total. The number of primary amides is 1. The Morgan fingerprint density at radius 1 is 1.65 bits per heavy atom. The second-order valence-electron chi connectivity index (χ2n) is 3.89. The number of nitrogens with zero attached hydrogens (tertiary/aromatic N) is 2. The maximum Gasteiger partial charge on any atom is 0.312 e. The monoisotopic (exact) mass is 258 g/mol. The number of nitrogens with one attached hydrogen (secondary N) is 1. The van der Waals surface area contributed by atoms with E-state index in [1.165, 1.54) is 20.0 Å². The second-order valence-corrected chi connectivity index (χ2v) is 4.33. The van der Waals surface area contributed by atoms with Crippen molar-refractivity contribution >= 4 is 29.0 Å². The van der Waals surface area contributed by atoms with Crippen LogP contribution in [0.5, 0.6) is 0 Å².